The van der Waals surface area contributed by atoms with Gasteiger partial charge in [-0.25, -0.2) is 0 Å². The van der Waals surface area contributed by atoms with Crippen molar-refractivity contribution in [1.29, 1.82) is 0 Å². The third kappa shape index (κ3) is 11.0. The van der Waals surface area contributed by atoms with E-state index in [0.717, 1.165) is 0 Å². The molecule has 0 spiro atoms. The van der Waals surface area contributed by atoms with Crippen LogP contribution in [-0.4, -0.2) is 62.3 Å². The van der Waals surface area contributed by atoms with E-state index in [4.69, 9.17) is 0 Å². The molecule has 8 aromatic carbocycles. The number of nitrogens with one attached hydrogen (secondary N) is 2. The average Bonchev–Trinajstić information content (AvgIpc) is 3.31. The third-order valence-corrected chi connectivity index (χ3v) is 39.0. The minimum Gasteiger partial charge on any atom is 0 e. The van der Waals surface area contributed by atoms with E-state index >= 15 is 0 Å². The van der Waals surface area contributed by atoms with Gasteiger partial charge in [0.05, 0.1) is 0 Å². The molecule has 2 nitrogen and oxygen atoms in total. The maximum absolute atomic E-state index is 4.18. The van der Waals surface area contributed by atoms with Crippen molar-refractivity contribution in [1.82, 2.24) is 9.72 Å². The van der Waals surface area contributed by atoms with Gasteiger partial charge >= 0.3 is 382 Å². The summed E-state index contributed by atoms with van der Waals surface area (Å²) in [7, 11) is 0. The third-order valence-electron chi connectivity index (χ3n) is 9.52. The molecular weight excluding hydrogens is 1110 g/mol. The Morgan fingerprint density at radius 1 is 0.203 bits per heavy atom. The van der Waals surface area contributed by atoms with E-state index in [2.05, 4.69) is 315 Å². The summed E-state index contributed by atoms with van der Waals surface area (Å²) in [4.78, 5) is 8.37. The van der Waals surface area contributed by atoms with Crippen LogP contribution in [0.4, 0.5) is 0 Å². The molecule has 0 aromatic heterocycles. The second-order valence-electron chi connectivity index (χ2n) is 13.3. The van der Waals surface area contributed by atoms with Crippen LogP contribution in [0.3, 0.4) is 0 Å². The molecule has 0 fully saturated rings. The smallest absolute Gasteiger partial charge is 0 e. The van der Waals surface area contributed by atoms with E-state index in [1.165, 1.54) is 42.4 Å². The van der Waals surface area contributed by atoms with Crippen LogP contribution in [0.15, 0.2) is 243 Å². The van der Waals surface area contributed by atoms with Gasteiger partial charge in [-0.2, -0.15) is 0 Å². The molecule has 8 rings (SSSR count). The van der Waals surface area contributed by atoms with Crippen LogP contribution in [0.2, 0.25) is 0 Å². The fourth-order valence-corrected chi connectivity index (χ4v) is 39.5. The molecule has 11 heteroatoms. The zero-order valence-corrected chi connectivity index (χ0v) is 45.6. The fraction of sp³-hybridized carbons (Fsp3) is 0. The van der Waals surface area contributed by atoms with Gasteiger partial charge in [-0.3, -0.25) is 0 Å². The van der Waals surface area contributed by atoms with E-state index in [1.807, 2.05) is 0 Å². The van der Waals surface area contributed by atoms with E-state index in [0.29, 0.717) is 0 Å². The summed E-state index contributed by atoms with van der Waals surface area (Å²) in [6, 6.07) is 86.2. The maximum atomic E-state index is 4.18. The van der Waals surface area contributed by atoms with Gasteiger partial charge < -0.3 is 0 Å². The molecule has 286 valence electrons. The van der Waals surface area contributed by atoms with Gasteiger partial charge in [0.1, 0.15) is 0 Å². The summed E-state index contributed by atoms with van der Waals surface area (Å²) in [6.07, 6.45) is -7.93. The predicted octanol–water partition coefficient (Wildman–Crippen LogP) is 7.82. The summed E-state index contributed by atoms with van der Waals surface area (Å²) in [5.74, 6) is 0. The SMILES string of the molecule is [Se][P+](N[P+]([Se])(c1ccccc1)c1ccccc1)(c1ccccc1)c1ccccc1.[Se][P+](N[P+]([Se])(c1ccccc1)c1ccccc1)(c1ccccc1)c1ccccc1.[Zn]. The van der Waals surface area contributed by atoms with E-state index < -0.39 is 24.4 Å². The molecule has 0 amide bonds. The predicted molar refractivity (Wildman–Crippen MR) is 266 cm³/mol. The van der Waals surface area contributed by atoms with Crippen molar-refractivity contribution in [2.45, 2.75) is 0 Å². The Balaban J connectivity index is 0.000000195. The molecule has 0 bridgehead atoms. The van der Waals surface area contributed by atoms with Gasteiger partial charge in [0.25, 0.3) is 0 Å². The molecule has 4 radical (unpaired) electrons. The van der Waals surface area contributed by atoms with Crippen molar-refractivity contribution in [2.75, 3.05) is 0 Å². The second kappa shape index (κ2) is 21.9. The summed E-state index contributed by atoms with van der Waals surface area (Å²) in [5.41, 5.74) is 0. The van der Waals surface area contributed by atoms with Crippen molar-refractivity contribution in [2.24, 2.45) is 0 Å². The van der Waals surface area contributed by atoms with Crippen molar-refractivity contribution in [3.63, 3.8) is 0 Å². The van der Waals surface area contributed by atoms with E-state index in [1.54, 1.807) is 0 Å². The van der Waals surface area contributed by atoms with Gasteiger partial charge in [-0.15, -0.1) is 0 Å². The van der Waals surface area contributed by atoms with Crippen molar-refractivity contribution < 1.29 is 19.5 Å². The molecule has 0 saturated heterocycles. The van der Waals surface area contributed by atoms with Crippen LogP contribution in [0.1, 0.15) is 0 Å². The van der Waals surface area contributed by atoms with Crippen LogP contribution in [0.5, 0.6) is 0 Å². The largest absolute Gasteiger partial charge is 0 e. The van der Waals surface area contributed by atoms with E-state index in [-0.39, 0.29) is 19.5 Å². The van der Waals surface area contributed by atoms with Crippen LogP contribution < -0.4 is 52.2 Å². The topological polar surface area (TPSA) is 24.1 Å². The zero-order chi connectivity index (χ0) is 40.3. The summed E-state index contributed by atoms with van der Waals surface area (Å²) < 4.78 is 0. The van der Waals surface area contributed by atoms with Gasteiger partial charge in [0.2, 0.25) is 0 Å². The number of hydrogen-bond donors (Lipinski definition) is 2. The molecule has 0 aliphatic heterocycles. The Labute approximate surface area is 397 Å². The molecule has 59 heavy (non-hydrogen) atoms. The Bertz CT molecular complexity index is 1940. The first-order chi connectivity index (χ1) is 28.3. The van der Waals surface area contributed by atoms with Crippen LogP contribution >= 0.6 is 24.4 Å². The van der Waals surface area contributed by atoms with Crippen LogP contribution in [-0.2, 0) is 19.5 Å². The van der Waals surface area contributed by atoms with Crippen LogP contribution in [0.25, 0.3) is 0 Å². The number of benzene rings is 8. The number of rotatable bonds is 12. The zero-order valence-electron chi connectivity index (χ0n) is 32.2. The molecular formula is C48H42N2P4Se4Zn+4. The first kappa shape index (κ1) is 46.6. The second-order valence-corrected chi connectivity index (χ2v) is 37.7. The molecule has 2 N–H and O–H groups in total. The summed E-state index contributed by atoms with van der Waals surface area (Å²) >= 11 is 14.5. The first-order valence-corrected chi connectivity index (χ1v) is 34.7. The first-order valence-electron chi connectivity index (χ1n) is 18.7. The van der Waals surface area contributed by atoms with Gasteiger partial charge in [0.15, 0.2) is 0 Å². The molecule has 0 saturated carbocycles. The van der Waals surface area contributed by atoms with Crippen LogP contribution in [0, 0.1) is 0 Å². The van der Waals surface area contributed by atoms with Gasteiger partial charge in [-0.05, 0) is 0 Å². The minimum absolute atomic E-state index is 0. The maximum Gasteiger partial charge on any atom is 0 e. The van der Waals surface area contributed by atoms with E-state index in [9.17, 15) is 0 Å². The Morgan fingerprint density at radius 2 is 0.305 bits per heavy atom. The van der Waals surface area contributed by atoms with Crippen molar-refractivity contribution in [3.8, 4) is 0 Å². The van der Waals surface area contributed by atoms with Crippen molar-refractivity contribution >= 4 is 129 Å². The number of hydrogen-bond acceptors (Lipinski definition) is 2. The molecule has 8 aromatic rings. The quantitative estimate of drug-likeness (QED) is 0.0965. The molecule has 0 aliphatic rings. The summed E-state index contributed by atoms with van der Waals surface area (Å²) in [5, 5.41) is 10.4. The molecule has 0 heterocycles. The minimum atomic E-state index is -1.98. The monoisotopic (exact) mass is 1150 g/mol. The summed E-state index contributed by atoms with van der Waals surface area (Å²) in [6.45, 7) is 0. The Morgan fingerprint density at radius 3 is 0.407 bits per heavy atom. The fourth-order valence-electron chi connectivity index (χ4n) is 6.56. The molecule has 0 unspecified atom stereocenters. The Kier molecular flexibility index (Phi) is 17.3. The molecule has 0 aliphatic carbocycles. The van der Waals surface area contributed by atoms with Crippen molar-refractivity contribution in [3.05, 3.63) is 243 Å². The van der Waals surface area contributed by atoms with Gasteiger partial charge in [0, 0.05) is 19.5 Å². The Hall–Kier alpha value is -1.90. The van der Waals surface area contributed by atoms with Gasteiger partial charge in [-0.1, -0.05) is 0 Å². The average molecular weight is 1150 g/mol. The molecule has 0 atom stereocenters. The normalized spacial score (nSPS) is 11.7. The standard InChI is InChI=1S/2C24H21NP2Se2.Zn/c2*28-26(21-13-5-1-6-14-21,22-15-7-2-8-16-22)25-27(29,23-17-9-3-10-18-23)24-19-11-4-12-20-24;/h2*1-20,25H;/q2*+2;.